The maximum absolute atomic E-state index is 12.9. The number of carbonyl (C=O) groups is 1. The molecule has 0 saturated carbocycles. The molecule has 9 heteroatoms. The number of ether oxygens (including phenoxy) is 1. The number of nitrogens with one attached hydrogen (secondary N) is 1. The maximum Gasteiger partial charge on any atom is 0.416 e. The van der Waals surface area contributed by atoms with Crippen molar-refractivity contribution in [3.63, 3.8) is 0 Å². The summed E-state index contributed by atoms with van der Waals surface area (Å²) in [4.78, 5) is 17.4. The lowest BCUT2D eigenvalue weighted by molar-refractivity contribution is -0.137. The van der Waals surface area contributed by atoms with Crippen molar-refractivity contribution in [3.8, 4) is 5.75 Å². The summed E-state index contributed by atoms with van der Waals surface area (Å²) in [5.41, 5.74) is 0.952. The van der Waals surface area contributed by atoms with Crippen LogP contribution in [0.15, 0.2) is 54.2 Å². The van der Waals surface area contributed by atoms with E-state index in [-0.39, 0.29) is 18.9 Å². The molecule has 0 unspecified atom stereocenters. The first kappa shape index (κ1) is 20.4. The smallest absolute Gasteiger partial charge is 0.416 e. The van der Waals surface area contributed by atoms with Crippen molar-refractivity contribution in [1.82, 2.24) is 4.98 Å². The minimum atomic E-state index is -4.39. The Morgan fingerprint density at radius 1 is 1.23 bits per heavy atom. The summed E-state index contributed by atoms with van der Waals surface area (Å²) in [6.45, 7) is 0.114. The molecule has 3 aromatic rings. The van der Waals surface area contributed by atoms with Crippen molar-refractivity contribution >= 4 is 40.1 Å². The third kappa shape index (κ3) is 4.66. The van der Waals surface area contributed by atoms with Crippen LogP contribution >= 0.6 is 22.9 Å². The largest absolute Gasteiger partial charge is 0.488 e. The van der Waals surface area contributed by atoms with Gasteiger partial charge < -0.3 is 4.74 Å². The number of rotatable bonds is 4. The van der Waals surface area contributed by atoms with Gasteiger partial charge in [0.25, 0.3) is 5.91 Å². The second-order valence-electron chi connectivity index (χ2n) is 6.60. The van der Waals surface area contributed by atoms with Gasteiger partial charge in [-0.15, -0.1) is 11.3 Å². The van der Waals surface area contributed by atoms with Crippen LogP contribution in [0.5, 0.6) is 5.75 Å². The molecule has 1 aromatic heterocycles. The van der Waals surface area contributed by atoms with Crippen LogP contribution in [0.2, 0.25) is 5.02 Å². The number of hydrogen-bond acceptors (Lipinski definition) is 4. The highest BCUT2D eigenvalue weighted by molar-refractivity contribution is 7.15. The van der Waals surface area contributed by atoms with Crippen LogP contribution in [0.1, 0.15) is 21.6 Å². The van der Waals surface area contributed by atoms with Gasteiger partial charge in [0.1, 0.15) is 12.4 Å². The fourth-order valence-electron chi connectivity index (χ4n) is 2.96. The Hall–Kier alpha value is -2.84. The standard InChI is InChI=1S/C21H14ClF3N2O2S/c22-16-4-5-18-13(9-16)8-14(11-29-18)19(28)27-20-26-10-17(30-20)7-12-2-1-3-15(6-12)21(23,24)25/h1-6,8-10H,7,11H2,(H,26,27,28). The van der Waals surface area contributed by atoms with Crippen LogP contribution in [-0.4, -0.2) is 17.5 Å². The molecule has 2 heterocycles. The second kappa shape index (κ2) is 8.12. The minimum Gasteiger partial charge on any atom is -0.488 e. The van der Waals surface area contributed by atoms with E-state index in [1.54, 1.807) is 36.5 Å². The molecule has 0 radical (unpaired) electrons. The molecule has 1 N–H and O–H groups in total. The zero-order valence-electron chi connectivity index (χ0n) is 15.3. The predicted octanol–water partition coefficient (Wildman–Crippen LogP) is 5.82. The Morgan fingerprint density at radius 3 is 2.87 bits per heavy atom. The average Bonchev–Trinajstić information content (AvgIpc) is 3.13. The molecule has 1 aliphatic heterocycles. The summed E-state index contributed by atoms with van der Waals surface area (Å²) < 4.78 is 44.2. The molecule has 0 atom stereocenters. The first-order valence-electron chi connectivity index (χ1n) is 8.83. The van der Waals surface area contributed by atoms with Crippen LogP contribution in [0.25, 0.3) is 6.08 Å². The third-order valence-electron chi connectivity index (χ3n) is 4.38. The number of aromatic nitrogens is 1. The van der Waals surface area contributed by atoms with E-state index in [9.17, 15) is 18.0 Å². The SMILES string of the molecule is O=C(Nc1ncc(Cc2cccc(C(F)(F)F)c2)s1)C1=Cc2cc(Cl)ccc2OC1. The molecule has 0 saturated heterocycles. The Morgan fingerprint density at radius 2 is 2.07 bits per heavy atom. The molecule has 0 fully saturated rings. The number of benzene rings is 2. The molecule has 1 aliphatic rings. The minimum absolute atomic E-state index is 0.114. The normalized spacial score (nSPS) is 13.3. The molecule has 30 heavy (non-hydrogen) atoms. The van der Waals surface area contributed by atoms with Crippen molar-refractivity contribution in [2.24, 2.45) is 0 Å². The molecule has 4 nitrogen and oxygen atoms in total. The number of amides is 1. The van der Waals surface area contributed by atoms with Gasteiger partial charge in [0.2, 0.25) is 0 Å². The summed E-state index contributed by atoms with van der Waals surface area (Å²) >= 11 is 7.19. The van der Waals surface area contributed by atoms with Gasteiger partial charge in [0.05, 0.1) is 11.1 Å². The van der Waals surface area contributed by atoms with E-state index in [1.807, 2.05) is 0 Å². The van der Waals surface area contributed by atoms with E-state index in [0.29, 0.717) is 32.6 Å². The Bertz CT molecular complexity index is 1140. The van der Waals surface area contributed by atoms with Crippen LogP contribution in [0.4, 0.5) is 18.3 Å². The predicted molar refractivity (Wildman–Crippen MR) is 110 cm³/mol. The van der Waals surface area contributed by atoms with E-state index >= 15 is 0 Å². The highest BCUT2D eigenvalue weighted by atomic mass is 35.5. The lowest BCUT2D eigenvalue weighted by atomic mass is 10.1. The number of halogens is 4. The molecule has 0 spiro atoms. The first-order chi connectivity index (χ1) is 14.3. The van der Waals surface area contributed by atoms with E-state index in [1.165, 1.54) is 17.4 Å². The highest BCUT2D eigenvalue weighted by Gasteiger charge is 2.30. The first-order valence-corrected chi connectivity index (χ1v) is 10.0. The van der Waals surface area contributed by atoms with Gasteiger partial charge in [0, 0.05) is 28.1 Å². The van der Waals surface area contributed by atoms with Gasteiger partial charge >= 0.3 is 6.18 Å². The Kier molecular flexibility index (Phi) is 5.53. The van der Waals surface area contributed by atoms with Gasteiger partial charge in [-0.05, 0) is 35.9 Å². The number of anilines is 1. The lowest BCUT2D eigenvalue weighted by Crippen LogP contribution is -2.21. The number of alkyl halides is 3. The lowest BCUT2D eigenvalue weighted by Gasteiger charge is -2.17. The van der Waals surface area contributed by atoms with Crippen LogP contribution in [0, 0.1) is 0 Å². The summed E-state index contributed by atoms with van der Waals surface area (Å²) in [6.07, 6.45) is -0.852. The van der Waals surface area contributed by atoms with E-state index < -0.39 is 11.7 Å². The fraction of sp³-hybridized carbons (Fsp3) is 0.143. The van der Waals surface area contributed by atoms with Crippen molar-refractivity contribution in [2.45, 2.75) is 12.6 Å². The molecule has 154 valence electrons. The summed E-state index contributed by atoms with van der Waals surface area (Å²) in [5, 5.41) is 3.60. The van der Waals surface area contributed by atoms with Crippen LogP contribution < -0.4 is 10.1 Å². The van der Waals surface area contributed by atoms with Gasteiger partial charge in [-0.3, -0.25) is 10.1 Å². The summed E-state index contributed by atoms with van der Waals surface area (Å²) in [5.74, 6) is 0.286. The van der Waals surface area contributed by atoms with Crippen molar-refractivity contribution in [3.05, 3.63) is 80.8 Å². The quantitative estimate of drug-likeness (QED) is 0.545. The van der Waals surface area contributed by atoms with Crippen molar-refractivity contribution in [2.75, 3.05) is 11.9 Å². The number of thiazole rings is 1. The van der Waals surface area contributed by atoms with Gasteiger partial charge in [-0.1, -0.05) is 29.8 Å². The van der Waals surface area contributed by atoms with Gasteiger partial charge in [-0.25, -0.2) is 4.98 Å². The Balaban J connectivity index is 1.44. The molecular weight excluding hydrogens is 437 g/mol. The number of fused-ring (bicyclic) bond motifs is 1. The van der Waals surface area contributed by atoms with Gasteiger partial charge in [-0.2, -0.15) is 13.2 Å². The van der Waals surface area contributed by atoms with Crippen molar-refractivity contribution < 1.29 is 22.7 Å². The average molecular weight is 451 g/mol. The van der Waals surface area contributed by atoms with E-state index in [0.717, 1.165) is 17.0 Å². The topological polar surface area (TPSA) is 51.2 Å². The van der Waals surface area contributed by atoms with Crippen LogP contribution in [0.3, 0.4) is 0 Å². The molecule has 2 aromatic carbocycles. The highest BCUT2D eigenvalue weighted by Crippen LogP contribution is 2.31. The molecule has 0 bridgehead atoms. The third-order valence-corrected chi connectivity index (χ3v) is 5.53. The number of hydrogen-bond donors (Lipinski definition) is 1. The molecular formula is C21H14ClF3N2O2S. The zero-order valence-corrected chi connectivity index (χ0v) is 16.9. The molecule has 1 amide bonds. The summed E-state index contributed by atoms with van der Waals surface area (Å²) in [6, 6.07) is 10.3. The number of nitrogens with zero attached hydrogens (tertiary/aromatic N) is 1. The molecule has 4 rings (SSSR count). The monoisotopic (exact) mass is 450 g/mol. The maximum atomic E-state index is 12.9. The van der Waals surface area contributed by atoms with Crippen LogP contribution in [-0.2, 0) is 17.4 Å². The fourth-order valence-corrected chi connectivity index (χ4v) is 3.99. The van der Waals surface area contributed by atoms with E-state index in [2.05, 4.69) is 10.3 Å². The zero-order chi connectivity index (χ0) is 21.3. The van der Waals surface area contributed by atoms with E-state index in [4.69, 9.17) is 16.3 Å². The molecule has 0 aliphatic carbocycles. The Labute approximate surface area is 179 Å². The summed E-state index contributed by atoms with van der Waals surface area (Å²) in [7, 11) is 0. The van der Waals surface area contributed by atoms with Crippen molar-refractivity contribution in [1.29, 1.82) is 0 Å². The number of carbonyl (C=O) groups excluding carboxylic acids is 1. The van der Waals surface area contributed by atoms with Gasteiger partial charge in [0.15, 0.2) is 5.13 Å². The second-order valence-corrected chi connectivity index (χ2v) is 8.15.